The maximum absolute atomic E-state index is 10.9. The second-order valence-corrected chi connectivity index (χ2v) is 4.92. The number of nitrogens with zero attached hydrogens (tertiary/aromatic N) is 1. The van der Waals surface area contributed by atoms with Crippen LogP contribution in [0.2, 0.25) is 0 Å². The third-order valence-corrected chi connectivity index (χ3v) is 3.62. The fraction of sp³-hybridized carbons (Fsp3) is 0.333. The molecule has 1 N–H and O–H groups in total. The van der Waals surface area contributed by atoms with Crippen LogP contribution in [0, 0.1) is 5.92 Å². The van der Waals surface area contributed by atoms with Crippen molar-refractivity contribution < 1.29 is 14.6 Å². The molecular formula is C15H15NO3. The predicted molar refractivity (Wildman–Crippen MR) is 71.1 cm³/mol. The van der Waals surface area contributed by atoms with Crippen LogP contribution in [-0.2, 0) is 4.79 Å². The summed E-state index contributed by atoms with van der Waals surface area (Å²) in [5, 5.41) is 10.0. The van der Waals surface area contributed by atoms with Crippen LogP contribution in [0.5, 0.6) is 5.75 Å². The molecule has 1 aliphatic carbocycles. The largest absolute Gasteiger partial charge is 0.488 e. The van der Waals surface area contributed by atoms with Crippen LogP contribution in [0.4, 0.5) is 0 Å². The van der Waals surface area contributed by atoms with E-state index >= 15 is 0 Å². The number of rotatable bonds is 3. The highest BCUT2D eigenvalue weighted by Gasteiger charge is 2.31. The van der Waals surface area contributed by atoms with E-state index in [1.165, 1.54) is 0 Å². The number of fused-ring (bicyclic) bond motifs is 1. The van der Waals surface area contributed by atoms with Gasteiger partial charge in [-0.2, -0.15) is 0 Å². The molecule has 2 atom stereocenters. The summed E-state index contributed by atoms with van der Waals surface area (Å²) in [6.45, 7) is 0. The van der Waals surface area contributed by atoms with E-state index in [1.807, 2.05) is 30.3 Å². The van der Waals surface area contributed by atoms with E-state index in [2.05, 4.69) is 4.98 Å². The molecule has 0 amide bonds. The molecule has 4 nitrogen and oxygen atoms in total. The van der Waals surface area contributed by atoms with E-state index in [4.69, 9.17) is 9.84 Å². The molecule has 0 spiro atoms. The number of benzene rings is 1. The molecular weight excluding hydrogens is 242 g/mol. The highest BCUT2D eigenvalue weighted by Crippen LogP contribution is 2.31. The van der Waals surface area contributed by atoms with Crippen molar-refractivity contribution >= 4 is 16.9 Å². The van der Waals surface area contributed by atoms with Crippen molar-refractivity contribution in [1.82, 2.24) is 4.98 Å². The average Bonchev–Trinajstić information content (AvgIpc) is 2.88. The Labute approximate surface area is 111 Å². The third-order valence-electron chi connectivity index (χ3n) is 3.62. The number of pyridine rings is 1. The number of aromatic nitrogens is 1. The molecule has 2 aromatic rings. The monoisotopic (exact) mass is 257 g/mol. The zero-order valence-corrected chi connectivity index (χ0v) is 10.5. The van der Waals surface area contributed by atoms with Gasteiger partial charge < -0.3 is 9.84 Å². The molecule has 1 saturated carbocycles. The summed E-state index contributed by atoms with van der Waals surface area (Å²) >= 11 is 0. The van der Waals surface area contributed by atoms with Crippen molar-refractivity contribution in [1.29, 1.82) is 0 Å². The Bertz CT molecular complexity index is 606. The van der Waals surface area contributed by atoms with Gasteiger partial charge in [-0.05, 0) is 31.4 Å². The lowest BCUT2D eigenvalue weighted by molar-refractivity contribution is -0.141. The number of ether oxygens (including phenoxy) is 1. The molecule has 2 unspecified atom stereocenters. The van der Waals surface area contributed by atoms with Gasteiger partial charge in [0.2, 0.25) is 0 Å². The van der Waals surface area contributed by atoms with E-state index < -0.39 is 5.97 Å². The van der Waals surface area contributed by atoms with Crippen molar-refractivity contribution in [3.8, 4) is 5.75 Å². The molecule has 1 fully saturated rings. The number of para-hydroxylation sites is 1. The lowest BCUT2D eigenvalue weighted by Crippen LogP contribution is -2.15. The van der Waals surface area contributed by atoms with Crippen LogP contribution in [0.15, 0.2) is 36.5 Å². The van der Waals surface area contributed by atoms with Crippen molar-refractivity contribution in [2.45, 2.75) is 25.4 Å². The maximum Gasteiger partial charge on any atom is 0.306 e. The van der Waals surface area contributed by atoms with Gasteiger partial charge in [-0.3, -0.25) is 9.78 Å². The second kappa shape index (κ2) is 4.88. The van der Waals surface area contributed by atoms with E-state index in [9.17, 15) is 4.79 Å². The molecule has 0 bridgehead atoms. The van der Waals surface area contributed by atoms with Crippen molar-refractivity contribution in [3.63, 3.8) is 0 Å². The first-order valence-corrected chi connectivity index (χ1v) is 6.47. The minimum Gasteiger partial charge on any atom is -0.488 e. The lowest BCUT2D eigenvalue weighted by Gasteiger charge is -2.14. The van der Waals surface area contributed by atoms with Gasteiger partial charge in [0.15, 0.2) is 0 Å². The standard InChI is InChI=1S/C15H15NO3/c17-15(18)11-6-7-12(9-11)19-13-5-1-3-10-4-2-8-16-14(10)13/h1-5,8,11-12H,6-7,9H2,(H,17,18). The molecule has 0 aliphatic heterocycles. The SMILES string of the molecule is O=C(O)C1CCC(Oc2cccc3cccnc23)C1. The summed E-state index contributed by atoms with van der Waals surface area (Å²) in [6.07, 6.45) is 3.79. The third kappa shape index (κ3) is 2.38. The summed E-state index contributed by atoms with van der Waals surface area (Å²) in [5.74, 6) is -0.246. The number of carbonyl (C=O) groups is 1. The van der Waals surface area contributed by atoms with Gasteiger partial charge in [0, 0.05) is 11.6 Å². The zero-order chi connectivity index (χ0) is 13.2. The Morgan fingerprint density at radius 3 is 2.89 bits per heavy atom. The van der Waals surface area contributed by atoms with E-state index in [-0.39, 0.29) is 12.0 Å². The molecule has 1 aliphatic rings. The molecule has 3 rings (SSSR count). The van der Waals surface area contributed by atoms with Crippen molar-refractivity contribution in [2.75, 3.05) is 0 Å². The summed E-state index contributed by atoms with van der Waals surface area (Å²) in [5.41, 5.74) is 0.837. The quantitative estimate of drug-likeness (QED) is 0.918. The molecule has 0 saturated heterocycles. The van der Waals surface area contributed by atoms with Gasteiger partial charge in [0.05, 0.1) is 12.0 Å². The van der Waals surface area contributed by atoms with Crippen molar-refractivity contribution in [2.24, 2.45) is 5.92 Å². The molecule has 1 aromatic heterocycles. The first-order valence-electron chi connectivity index (χ1n) is 6.47. The minimum atomic E-state index is -0.720. The number of hydrogen-bond donors (Lipinski definition) is 1. The van der Waals surface area contributed by atoms with Crippen LogP contribution in [0.1, 0.15) is 19.3 Å². The number of aliphatic carboxylic acids is 1. The Balaban J connectivity index is 1.81. The number of carboxylic acid groups (broad SMARTS) is 1. The summed E-state index contributed by atoms with van der Waals surface area (Å²) in [6, 6.07) is 9.70. The fourth-order valence-corrected chi connectivity index (χ4v) is 2.62. The van der Waals surface area contributed by atoms with Gasteiger partial charge in [-0.15, -0.1) is 0 Å². The second-order valence-electron chi connectivity index (χ2n) is 4.92. The van der Waals surface area contributed by atoms with Crippen LogP contribution in [-0.4, -0.2) is 22.2 Å². The van der Waals surface area contributed by atoms with Gasteiger partial charge in [0.1, 0.15) is 11.3 Å². The summed E-state index contributed by atoms with van der Waals surface area (Å²) < 4.78 is 5.94. The van der Waals surface area contributed by atoms with E-state index in [1.54, 1.807) is 6.20 Å². The topological polar surface area (TPSA) is 59.4 Å². The molecule has 1 heterocycles. The molecule has 19 heavy (non-hydrogen) atoms. The predicted octanol–water partition coefficient (Wildman–Crippen LogP) is 2.87. The molecule has 0 radical (unpaired) electrons. The molecule has 4 heteroatoms. The van der Waals surface area contributed by atoms with Crippen LogP contribution in [0.25, 0.3) is 10.9 Å². The molecule has 1 aromatic carbocycles. The average molecular weight is 257 g/mol. The van der Waals surface area contributed by atoms with E-state index in [0.29, 0.717) is 12.8 Å². The Morgan fingerprint density at radius 1 is 1.26 bits per heavy atom. The molecule has 98 valence electrons. The normalized spacial score (nSPS) is 22.5. The van der Waals surface area contributed by atoms with Crippen LogP contribution >= 0.6 is 0 Å². The zero-order valence-electron chi connectivity index (χ0n) is 10.5. The summed E-state index contributed by atoms with van der Waals surface area (Å²) in [7, 11) is 0. The van der Waals surface area contributed by atoms with E-state index in [0.717, 1.165) is 23.1 Å². The first-order chi connectivity index (χ1) is 9.24. The minimum absolute atomic E-state index is 0.0197. The highest BCUT2D eigenvalue weighted by molar-refractivity contribution is 5.84. The Hall–Kier alpha value is -2.10. The van der Waals surface area contributed by atoms with Crippen molar-refractivity contribution in [3.05, 3.63) is 36.5 Å². The van der Waals surface area contributed by atoms with Gasteiger partial charge in [0.25, 0.3) is 0 Å². The van der Waals surface area contributed by atoms with Gasteiger partial charge in [-0.1, -0.05) is 18.2 Å². The van der Waals surface area contributed by atoms with Crippen LogP contribution < -0.4 is 4.74 Å². The maximum atomic E-state index is 10.9. The number of carboxylic acids is 1. The fourth-order valence-electron chi connectivity index (χ4n) is 2.62. The Morgan fingerprint density at radius 2 is 2.11 bits per heavy atom. The summed E-state index contributed by atoms with van der Waals surface area (Å²) in [4.78, 5) is 15.3. The van der Waals surface area contributed by atoms with Gasteiger partial charge in [-0.25, -0.2) is 0 Å². The first kappa shape index (κ1) is 12.0. The van der Waals surface area contributed by atoms with Crippen LogP contribution in [0.3, 0.4) is 0 Å². The Kier molecular flexibility index (Phi) is 3.07. The highest BCUT2D eigenvalue weighted by atomic mass is 16.5. The number of hydrogen-bond acceptors (Lipinski definition) is 3. The smallest absolute Gasteiger partial charge is 0.306 e. The van der Waals surface area contributed by atoms with Gasteiger partial charge >= 0.3 is 5.97 Å². The lowest BCUT2D eigenvalue weighted by atomic mass is 10.1.